The molecule has 0 amide bonds. The zero-order chi connectivity index (χ0) is 16.4. The van der Waals surface area contributed by atoms with Gasteiger partial charge in [-0.25, -0.2) is 0 Å². The molecule has 0 saturated heterocycles. The van der Waals surface area contributed by atoms with Gasteiger partial charge in [-0.1, -0.05) is 12.0 Å². The van der Waals surface area contributed by atoms with Crippen LogP contribution in [0.5, 0.6) is 17.2 Å². The van der Waals surface area contributed by atoms with Crippen LogP contribution < -0.4 is 14.2 Å². The average Bonchev–Trinajstić information content (AvgIpc) is 2.59. The highest BCUT2D eigenvalue weighted by Gasteiger charge is 2.34. The lowest BCUT2D eigenvalue weighted by molar-refractivity contribution is -0.115. The lowest BCUT2D eigenvalue weighted by atomic mass is 9.68. The van der Waals surface area contributed by atoms with E-state index < -0.39 is 0 Å². The Kier molecular flexibility index (Phi) is 4.60. The summed E-state index contributed by atoms with van der Waals surface area (Å²) >= 11 is 0. The standard InChI is InChI=1S/C19H24O4/c1-21-17-9-13(10-18(22-2)19(17)23-3)16-11-14(20)8-12-6-4-5-7-15(12)16/h8-10,15-16H,4-7,11H2,1-3H3/t15-,16+/m0/s1. The van der Waals surface area contributed by atoms with Crippen molar-refractivity contribution in [3.05, 3.63) is 29.3 Å². The zero-order valence-electron chi connectivity index (χ0n) is 14.1. The van der Waals surface area contributed by atoms with Gasteiger partial charge in [-0.05, 0) is 54.9 Å². The van der Waals surface area contributed by atoms with E-state index in [1.807, 2.05) is 18.2 Å². The van der Waals surface area contributed by atoms with E-state index in [0.717, 1.165) is 18.4 Å². The van der Waals surface area contributed by atoms with Crippen molar-refractivity contribution in [2.45, 2.75) is 38.0 Å². The molecule has 0 spiro atoms. The molecule has 1 aromatic carbocycles. The summed E-state index contributed by atoms with van der Waals surface area (Å²) in [4.78, 5) is 12.2. The lowest BCUT2D eigenvalue weighted by Gasteiger charge is -2.36. The Morgan fingerprint density at radius 2 is 1.65 bits per heavy atom. The normalized spacial score (nSPS) is 23.8. The second kappa shape index (κ2) is 6.65. The Bertz CT molecular complexity index is 607. The molecule has 4 nitrogen and oxygen atoms in total. The van der Waals surface area contributed by atoms with E-state index in [1.165, 1.54) is 18.4 Å². The highest BCUT2D eigenvalue weighted by molar-refractivity contribution is 5.92. The fourth-order valence-corrected chi connectivity index (χ4v) is 3.99. The van der Waals surface area contributed by atoms with Crippen molar-refractivity contribution in [2.24, 2.45) is 5.92 Å². The Balaban J connectivity index is 2.03. The molecule has 2 aliphatic rings. The molecule has 3 rings (SSSR count). The summed E-state index contributed by atoms with van der Waals surface area (Å²) in [6.07, 6.45) is 7.08. The fourth-order valence-electron chi connectivity index (χ4n) is 3.99. The maximum atomic E-state index is 12.2. The number of hydrogen-bond donors (Lipinski definition) is 0. The van der Waals surface area contributed by atoms with Crippen molar-refractivity contribution in [3.63, 3.8) is 0 Å². The Hall–Kier alpha value is -1.97. The average molecular weight is 316 g/mol. The SMILES string of the molecule is COc1cc([C@H]2CC(=O)C=C3CCCC[C@@H]32)cc(OC)c1OC. The molecule has 0 unspecified atom stereocenters. The second-order valence-corrected chi connectivity index (χ2v) is 6.31. The maximum Gasteiger partial charge on any atom is 0.203 e. The monoisotopic (exact) mass is 316 g/mol. The first-order chi connectivity index (χ1) is 11.2. The Morgan fingerprint density at radius 1 is 0.957 bits per heavy atom. The minimum atomic E-state index is 0.205. The van der Waals surface area contributed by atoms with Crippen LogP contribution >= 0.6 is 0 Å². The van der Waals surface area contributed by atoms with Crippen molar-refractivity contribution in [3.8, 4) is 17.2 Å². The zero-order valence-corrected chi connectivity index (χ0v) is 14.1. The summed E-state index contributed by atoms with van der Waals surface area (Å²) in [5, 5.41) is 0. The van der Waals surface area contributed by atoms with Crippen LogP contribution in [-0.4, -0.2) is 27.1 Å². The van der Waals surface area contributed by atoms with Crippen LogP contribution in [-0.2, 0) is 4.79 Å². The number of methoxy groups -OCH3 is 3. The van der Waals surface area contributed by atoms with Gasteiger partial charge in [0.1, 0.15) is 0 Å². The van der Waals surface area contributed by atoms with Crippen LogP contribution in [0, 0.1) is 5.92 Å². The minimum absolute atomic E-state index is 0.205. The van der Waals surface area contributed by atoms with Crippen LogP contribution in [0.1, 0.15) is 43.6 Å². The van der Waals surface area contributed by atoms with Gasteiger partial charge in [0.05, 0.1) is 21.3 Å². The van der Waals surface area contributed by atoms with E-state index >= 15 is 0 Å². The molecular formula is C19H24O4. The number of benzene rings is 1. The van der Waals surface area contributed by atoms with Crippen molar-refractivity contribution in [1.29, 1.82) is 0 Å². The van der Waals surface area contributed by atoms with Crippen molar-refractivity contribution >= 4 is 5.78 Å². The smallest absolute Gasteiger partial charge is 0.203 e. The first-order valence-electron chi connectivity index (χ1n) is 8.21. The number of carbonyl (C=O) groups excluding carboxylic acids is 1. The summed E-state index contributed by atoms with van der Waals surface area (Å²) in [5.74, 6) is 2.81. The van der Waals surface area contributed by atoms with Crippen LogP contribution in [0.4, 0.5) is 0 Å². The summed E-state index contributed by atoms with van der Waals surface area (Å²) in [6.45, 7) is 0. The molecule has 23 heavy (non-hydrogen) atoms. The molecule has 1 fully saturated rings. The Labute approximate surface area is 137 Å². The first kappa shape index (κ1) is 15.9. The molecule has 0 radical (unpaired) electrons. The maximum absolute atomic E-state index is 12.2. The molecule has 1 aromatic rings. The third-order valence-corrected chi connectivity index (χ3v) is 5.08. The van der Waals surface area contributed by atoms with E-state index in [2.05, 4.69) is 0 Å². The van der Waals surface area contributed by atoms with Crippen LogP contribution in [0.2, 0.25) is 0 Å². The largest absolute Gasteiger partial charge is 0.493 e. The van der Waals surface area contributed by atoms with Gasteiger partial charge >= 0.3 is 0 Å². The summed E-state index contributed by atoms with van der Waals surface area (Å²) < 4.78 is 16.3. The quantitative estimate of drug-likeness (QED) is 0.845. The molecule has 2 atom stereocenters. The van der Waals surface area contributed by atoms with Crippen LogP contribution in [0.15, 0.2) is 23.8 Å². The predicted octanol–water partition coefficient (Wildman–Crippen LogP) is 3.89. The number of ketones is 1. The number of carbonyl (C=O) groups is 1. The molecule has 0 N–H and O–H groups in total. The van der Waals surface area contributed by atoms with E-state index in [4.69, 9.17) is 14.2 Å². The topological polar surface area (TPSA) is 44.8 Å². The summed E-state index contributed by atoms with van der Waals surface area (Å²) in [5.41, 5.74) is 2.43. The van der Waals surface area contributed by atoms with E-state index in [0.29, 0.717) is 29.6 Å². The highest BCUT2D eigenvalue weighted by atomic mass is 16.5. The van der Waals surface area contributed by atoms with Gasteiger partial charge in [0.15, 0.2) is 17.3 Å². The number of fused-ring (bicyclic) bond motifs is 1. The van der Waals surface area contributed by atoms with Crippen molar-refractivity contribution < 1.29 is 19.0 Å². The number of rotatable bonds is 4. The fraction of sp³-hybridized carbons (Fsp3) is 0.526. The van der Waals surface area contributed by atoms with Gasteiger partial charge in [0, 0.05) is 6.42 Å². The van der Waals surface area contributed by atoms with Crippen molar-refractivity contribution in [1.82, 2.24) is 0 Å². The number of hydrogen-bond acceptors (Lipinski definition) is 4. The number of ether oxygens (including phenoxy) is 3. The molecule has 124 valence electrons. The van der Waals surface area contributed by atoms with Gasteiger partial charge in [-0.2, -0.15) is 0 Å². The molecule has 1 saturated carbocycles. The first-order valence-corrected chi connectivity index (χ1v) is 8.21. The van der Waals surface area contributed by atoms with E-state index in [9.17, 15) is 4.79 Å². The van der Waals surface area contributed by atoms with Gasteiger partial charge < -0.3 is 14.2 Å². The Morgan fingerprint density at radius 3 is 2.26 bits per heavy atom. The molecule has 2 aliphatic carbocycles. The third-order valence-electron chi connectivity index (χ3n) is 5.08. The molecule has 0 heterocycles. The third kappa shape index (κ3) is 2.94. The van der Waals surface area contributed by atoms with E-state index in [1.54, 1.807) is 21.3 Å². The van der Waals surface area contributed by atoms with E-state index in [-0.39, 0.29) is 11.7 Å². The van der Waals surface area contributed by atoms with Gasteiger partial charge in [0.2, 0.25) is 5.75 Å². The molecule has 0 aliphatic heterocycles. The van der Waals surface area contributed by atoms with Crippen molar-refractivity contribution in [2.75, 3.05) is 21.3 Å². The lowest BCUT2D eigenvalue weighted by Crippen LogP contribution is -2.26. The predicted molar refractivity (Wildman–Crippen MR) is 88.5 cm³/mol. The highest BCUT2D eigenvalue weighted by Crippen LogP contribution is 2.48. The van der Waals surface area contributed by atoms with Crippen LogP contribution in [0.25, 0.3) is 0 Å². The molecule has 0 bridgehead atoms. The molecule has 0 aromatic heterocycles. The molecular weight excluding hydrogens is 292 g/mol. The van der Waals surface area contributed by atoms with Crippen LogP contribution in [0.3, 0.4) is 0 Å². The summed E-state index contributed by atoms with van der Waals surface area (Å²) in [6, 6.07) is 3.99. The summed E-state index contributed by atoms with van der Waals surface area (Å²) in [7, 11) is 4.85. The number of allylic oxidation sites excluding steroid dienone is 2. The molecule has 4 heteroatoms. The second-order valence-electron chi connectivity index (χ2n) is 6.31. The van der Waals surface area contributed by atoms with Gasteiger partial charge in [-0.3, -0.25) is 4.79 Å². The van der Waals surface area contributed by atoms with Gasteiger partial charge in [0.25, 0.3) is 0 Å². The minimum Gasteiger partial charge on any atom is -0.493 e. The van der Waals surface area contributed by atoms with Gasteiger partial charge in [-0.15, -0.1) is 0 Å².